The highest BCUT2D eigenvalue weighted by molar-refractivity contribution is 7.47. The fourth-order valence-electron chi connectivity index (χ4n) is 10.5. The summed E-state index contributed by atoms with van der Waals surface area (Å²) in [5.41, 5.74) is 0. The number of esters is 4. The lowest BCUT2D eigenvalue weighted by Gasteiger charge is -2.21. The van der Waals surface area contributed by atoms with E-state index in [-0.39, 0.29) is 25.7 Å². The summed E-state index contributed by atoms with van der Waals surface area (Å²) in [5, 5.41) is 10.6. The maximum atomic E-state index is 13.0. The molecule has 0 rings (SSSR count). The molecule has 0 amide bonds. The van der Waals surface area contributed by atoms with Crippen LogP contribution in [0, 0.1) is 5.92 Å². The fraction of sp³-hybridized carbons (Fsp3) is 0.942. The number of phosphoric ester groups is 2. The van der Waals surface area contributed by atoms with Crippen molar-refractivity contribution in [2.45, 2.75) is 374 Å². The van der Waals surface area contributed by atoms with Gasteiger partial charge in [-0.3, -0.25) is 37.3 Å². The molecule has 0 fully saturated rings. The Morgan fingerprint density at radius 2 is 0.523 bits per heavy atom. The van der Waals surface area contributed by atoms with E-state index in [0.29, 0.717) is 31.6 Å². The number of phosphoric acid groups is 2. The van der Waals surface area contributed by atoms with E-state index in [0.717, 1.165) is 96.3 Å². The first-order valence-corrected chi connectivity index (χ1v) is 39.1. The van der Waals surface area contributed by atoms with Gasteiger partial charge < -0.3 is 33.8 Å². The standard InChI is InChI=1S/C69H134O17P2/c1-6-9-12-15-18-21-23-25-27-28-30-32-34-39-44-49-54-68(73)85-64(59-80-67(72)53-48-43-38-33-31-29-26-24-22-19-16-13-10-7-2)60-83-87(75,76)81-56-63(70)57-82-88(77,78)84-61-65(58-79-66(71)52-47-42-37-20-17-14-11-8-3)86-69(74)55-50-45-40-35-36-41-46-51-62(4)5/h62-65,70H,6-61H2,1-5H3,(H,75,76)(H,77,78)/t63-,64-,65-/m1/s1. The molecule has 0 aromatic carbocycles. The Balaban J connectivity index is 5.21. The molecule has 0 heterocycles. The quantitative estimate of drug-likeness (QED) is 0.0222. The lowest BCUT2D eigenvalue weighted by molar-refractivity contribution is -0.161. The molecule has 0 aliphatic rings. The molecule has 0 aliphatic carbocycles. The minimum atomic E-state index is -4.95. The zero-order valence-corrected chi connectivity index (χ0v) is 58.6. The number of aliphatic hydroxyl groups excluding tert-OH is 1. The molecule has 5 atom stereocenters. The van der Waals surface area contributed by atoms with E-state index in [1.165, 1.54) is 173 Å². The van der Waals surface area contributed by atoms with Crippen LogP contribution in [0.2, 0.25) is 0 Å². The van der Waals surface area contributed by atoms with E-state index in [1.54, 1.807) is 0 Å². The lowest BCUT2D eigenvalue weighted by atomic mass is 10.0. The van der Waals surface area contributed by atoms with Gasteiger partial charge in [-0.25, -0.2) is 9.13 Å². The summed E-state index contributed by atoms with van der Waals surface area (Å²) in [6.45, 7) is 7.15. The van der Waals surface area contributed by atoms with Crippen LogP contribution in [0.1, 0.15) is 356 Å². The first-order valence-electron chi connectivity index (χ1n) is 36.1. The normalized spacial score (nSPS) is 14.1. The van der Waals surface area contributed by atoms with Crippen LogP contribution in [0.25, 0.3) is 0 Å². The number of rotatable bonds is 69. The van der Waals surface area contributed by atoms with Crippen LogP contribution >= 0.6 is 15.6 Å². The molecule has 2 unspecified atom stereocenters. The minimum Gasteiger partial charge on any atom is -0.462 e. The van der Waals surface area contributed by atoms with Crippen molar-refractivity contribution in [1.82, 2.24) is 0 Å². The number of carbonyl (C=O) groups excluding carboxylic acids is 4. The molecular weight excluding hydrogens is 1160 g/mol. The van der Waals surface area contributed by atoms with Crippen LogP contribution in [-0.4, -0.2) is 96.7 Å². The van der Waals surface area contributed by atoms with E-state index in [4.69, 9.17) is 37.0 Å². The summed E-state index contributed by atoms with van der Waals surface area (Å²) in [4.78, 5) is 72.4. The van der Waals surface area contributed by atoms with Gasteiger partial charge in [-0.15, -0.1) is 0 Å². The maximum absolute atomic E-state index is 13.0. The average Bonchev–Trinajstić information content (AvgIpc) is 3.70. The summed E-state index contributed by atoms with van der Waals surface area (Å²) in [6, 6.07) is 0. The fourth-order valence-corrected chi connectivity index (χ4v) is 12.0. The molecule has 0 aromatic rings. The zero-order valence-electron chi connectivity index (χ0n) is 56.9. The van der Waals surface area contributed by atoms with Crippen LogP contribution in [-0.2, 0) is 65.4 Å². The molecule has 0 radical (unpaired) electrons. The third kappa shape index (κ3) is 62.8. The molecule has 522 valence electrons. The Morgan fingerprint density at radius 3 is 0.773 bits per heavy atom. The van der Waals surface area contributed by atoms with Crippen molar-refractivity contribution in [3.05, 3.63) is 0 Å². The van der Waals surface area contributed by atoms with Crippen molar-refractivity contribution in [3.63, 3.8) is 0 Å². The van der Waals surface area contributed by atoms with Crippen molar-refractivity contribution in [2.75, 3.05) is 39.6 Å². The third-order valence-corrected chi connectivity index (χ3v) is 17.9. The molecule has 3 N–H and O–H groups in total. The van der Waals surface area contributed by atoms with Crippen LogP contribution in [0.15, 0.2) is 0 Å². The smallest absolute Gasteiger partial charge is 0.462 e. The van der Waals surface area contributed by atoms with Crippen molar-refractivity contribution in [2.24, 2.45) is 5.92 Å². The number of carbonyl (C=O) groups is 4. The van der Waals surface area contributed by atoms with E-state index in [2.05, 4.69) is 34.6 Å². The largest absolute Gasteiger partial charge is 0.472 e. The minimum absolute atomic E-state index is 0.104. The van der Waals surface area contributed by atoms with E-state index < -0.39 is 97.5 Å². The summed E-state index contributed by atoms with van der Waals surface area (Å²) in [5.74, 6) is -1.43. The van der Waals surface area contributed by atoms with Gasteiger partial charge in [-0.05, 0) is 31.6 Å². The zero-order chi connectivity index (χ0) is 64.9. The Bertz CT molecular complexity index is 1700. The maximum Gasteiger partial charge on any atom is 0.472 e. The molecule has 0 bridgehead atoms. The summed E-state index contributed by atoms with van der Waals surface area (Å²) < 4.78 is 68.2. The van der Waals surface area contributed by atoms with Crippen molar-refractivity contribution < 1.29 is 80.2 Å². The van der Waals surface area contributed by atoms with Gasteiger partial charge in [0.1, 0.15) is 19.3 Å². The summed E-state index contributed by atoms with van der Waals surface area (Å²) >= 11 is 0. The Hall–Kier alpha value is -1.94. The first kappa shape index (κ1) is 86.1. The van der Waals surface area contributed by atoms with Gasteiger partial charge in [-0.2, -0.15) is 0 Å². The van der Waals surface area contributed by atoms with Crippen molar-refractivity contribution in [3.8, 4) is 0 Å². The summed E-state index contributed by atoms with van der Waals surface area (Å²) in [7, 11) is -9.89. The van der Waals surface area contributed by atoms with Crippen LogP contribution in [0.4, 0.5) is 0 Å². The predicted octanol–water partition coefficient (Wildman–Crippen LogP) is 19.7. The number of hydrogen-bond acceptors (Lipinski definition) is 15. The second-order valence-electron chi connectivity index (χ2n) is 25.4. The molecular formula is C69H134O17P2. The van der Waals surface area contributed by atoms with Gasteiger partial charge >= 0.3 is 39.5 Å². The van der Waals surface area contributed by atoms with Gasteiger partial charge in [0.05, 0.1) is 26.4 Å². The molecule has 0 aliphatic heterocycles. The van der Waals surface area contributed by atoms with Crippen molar-refractivity contribution >= 4 is 39.5 Å². The van der Waals surface area contributed by atoms with Crippen molar-refractivity contribution in [1.29, 1.82) is 0 Å². The van der Waals surface area contributed by atoms with Gasteiger partial charge in [0.2, 0.25) is 0 Å². The molecule has 0 saturated carbocycles. The molecule has 88 heavy (non-hydrogen) atoms. The second-order valence-corrected chi connectivity index (χ2v) is 28.3. The van der Waals surface area contributed by atoms with E-state index in [9.17, 15) is 43.2 Å². The van der Waals surface area contributed by atoms with E-state index in [1.807, 2.05) is 0 Å². The topological polar surface area (TPSA) is 237 Å². The number of ether oxygens (including phenoxy) is 4. The molecule has 17 nitrogen and oxygen atoms in total. The van der Waals surface area contributed by atoms with Crippen LogP contribution in [0.5, 0.6) is 0 Å². The number of aliphatic hydroxyl groups is 1. The second kappa shape index (κ2) is 62.5. The highest BCUT2D eigenvalue weighted by Gasteiger charge is 2.30. The Labute approximate surface area is 537 Å². The van der Waals surface area contributed by atoms with Gasteiger partial charge in [0.25, 0.3) is 0 Å². The molecule has 19 heteroatoms. The number of unbranched alkanes of at least 4 members (excludes halogenated alkanes) is 41. The van der Waals surface area contributed by atoms with Crippen LogP contribution in [0.3, 0.4) is 0 Å². The third-order valence-electron chi connectivity index (χ3n) is 16.0. The first-order chi connectivity index (χ1) is 42.5. The van der Waals surface area contributed by atoms with E-state index >= 15 is 0 Å². The van der Waals surface area contributed by atoms with Gasteiger partial charge in [0, 0.05) is 25.7 Å². The molecule has 0 aromatic heterocycles. The van der Waals surface area contributed by atoms with Gasteiger partial charge in [0.15, 0.2) is 12.2 Å². The van der Waals surface area contributed by atoms with Gasteiger partial charge in [-0.1, -0.05) is 304 Å². The monoisotopic (exact) mass is 1300 g/mol. The Kier molecular flexibility index (Phi) is 61.1. The van der Waals surface area contributed by atoms with Crippen LogP contribution < -0.4 is 0 Å². The highest BCUT2D eigenvalue weighted by Crippen LogP contribution is 2.45. The Morgan fingerprint density at radius 1 is 0.307 bits per heavy atom. The summed E-state index contributed by atoms with van der Waals surface area (Å²) in [6.07, 6.45) is 48.7. The number of hydrogen-bond donors (Lipinski definition) is 3. The molecule has 0 saturated heterocycles. The highest BCUT2D eigenvalue weighted by atomic mass is 31.2. The predicted molar refractivity (Wildman–Crippen MR) is 354 cm³/mol. The SMILES string of the molecule is CCCCCCCCCCCCCCCCCCC(=O)O[C@H](COC(=O)CCCCCCCCCCCCCCCC)COP(=O)(O)OC[C@@H](O)COP(=O)(O)OC[C@@H](COC(=O)CCCCCCCCCC)OC(=O)CCCCCCCCCC(C)C. The average molecular weight is 1300 g/mol. The lowest BCUT2D eigenvalue weighted by Crippen LogP contribution is -2.30. The molecule has 0 spiro atoms.